The lowest BCUT2D eigenvalue weighted by Gasteiger charge is -2.05. The zero-order valence-electron chi connectivity index (χ0n) is 13.0. The lowest BCUT2D eigenvalue weighted by atomic mass is 9.96. The van der Waals surface area contributed by atoms with Crippen molar-refractivity contribution in [3.05, 3.63) is 52.2 Å². The van der Waals surface area contributed by atoms with Crippen LogP contribution in [-0.2, 0) is 14.3 Å². The molecule has 4 nitrogen and oxygen atoms in total. The summed E-state index contributed by atoms with van der Waals surface area (Å²) in [6, 6.07) is 7.95. The van der Waals surface area contributed by atoms with Gasteiger partial charge in [-0.05, 0) is 44.9 Å². The molecule has 3 rings (SSSR count). The first kappa shape index (κ1) is 14.3. The molecular formula is C18H17NO3. The summed E-state index contributed by atoms with van der Waals surface area (Å²) in [5.41, 5.74) is 5.17. The topological polar surface area (TPSA) is 59.2 Å². The molecule has 0 radical (unpaired) electrons. The molecule has 4 heteroatoms. The Kier molecular flexibility index (Phi) is 3.24. The molecule has 0 aliphatic carbocycles. The standard InChI is InChI=1S/C18H17NO3/c1-9(2)14-15(18(21)22-17(14)20)11(4)16-10(3)12-7-5-6-8-13(12)19-16/h5-8,19H,1-4H3. The fourth-order valence-corrected chi connectivity index (χ4v) is 2.97. The lowest BCUT2D eigenvalue weighted by molar-refractivity contribution is -0.149. The van der Waals surface area contributed by atoms with Gasteiger partial charge in [-0.15, -0.1) is 0 Å². The van der Waals surface area contributed by atoms with Crippen LogP contribution in [0.5, 0.6) is 0 Å². The molecule has 112 valence electrons. The Morgan fingerprint density at radius 1 is 1.00 bits per heavy atom. The van der Waals surface area contributed by atoms with E-state index < -0.39 is 11.9 Å². The average molecular weight is 295 g/mol. The number of aromatic amines is 1. The molecule has 2 aromatic rings. The fourth-order valence-electron chi connectivity index (χ4n) is 2.97. The Bertz CT molecular complexity index is 877. The molecule has 0 saturated carbocycles. The molecule has 0 spiro atoms. The number of aromatic nitrogens is 1. The van der Waals surface area contributed by atoms with E-state index in [1.54, 1.807) is 13.8 Å². The number of aryl methyl sites for hydroxylation is 1. The zero-order chi connectivity index (χ0) is 16.0. The van der Waals surface area contributed by atoms with Crippen molar-refractivity contribution in [2.24, 2.45) is 0 Å². The van der Waals surface area contributed by atoms with Crippen LogP contribution < -0.4 is 0 Å². The molecule has 22 heavy (non-hydrogen) atoms. The molecule has 1 N–H and O–H groups in total. The minimum absolute atomic E-state index is 0.361. The van der Waals surface area contributed by atoms with Gasteiger partial charge in [-0.25, -0.2) is 9.59 Å². The summed E-state index contributed by atoms with van der Waals surface area (Å²) >= 11 is 0. The number of carbonyl (C=O) groups is 2. The predicted molar refractivity (Wildman–Crippen MR) is 85.1 cm³/mol. The Morgan fingerprint density at radius 2 is 1.64 bits per heavy atom. The number of para-hydroxylation sites is 1. The van der Waals surface area contributed by atoms with Crippen molar-refractivity contribution in [2.75, 3.05) is 0 Å². The fraction of sp³-hybridized carbons (Fsp3) is 0.222. The Hall–Kier alpha value is -2.62. The molecule has 2 heterocycles. The molecule has 1 aliphatic rings. The van der Waals surface area contributed by atoms with Gasteiger partial charge in [0.25, 0.3) is 0 Å². The number of allylic oxidation sites excluding steroid dienone is 2. The normalized spacial score (nSPS) is 17.2. The number of hydrogen-bond acceptors (Lipinski definition) is 3. The van der Waals surface area contributed by atoms with Gasteiger partial charge in [-0.3, -0.25) is 0 Å². The van der Waals surface area contributed by atoms with Gasteiger partial charge in [0.1, 0.15) is 0 Å². The smallest absolute Gasteiger partial charge is 0.347 e. The second-order valence-corrected chi connectivity index (χ2v) is 5.72. The molecule has 1 aromatic heterocycles. The number of benzene rings is 1. The molecular weight excluding hydrogens is 278 g/mol. The molecule has 0 atom stereocenters. The number of rotatable bonds is 1. The number of esters is 2. The molecule has 0 unspecified atom stereocenters. The number of H-pyrrole nitrogens is 1. The Morgan fingerprint density at radius 3 is 2.27 bits per heavy atom. The number of carbonyl (C=O) groups excluding carboxylic acids is 2. The van der Waals surface area contributed by atoms with Crippen molar-refractivity contribution in [3.8, 4) is 0 Å². The summed E-state index contributed by atoms with van der Waals surface area (Å²) < 4.78 is 4.80. The second kappa shape index (κ2) is 4.98. The third-order valence-corrected chi connectivity index (χ3v) is 4.06. The van der Waals surface area contributed by atoms with E-state index in [-0.39, 0.29) is 0 Å². The number of hydrogen-bond donors (Lipinski definition) is 1. The summed E-state index contributed by atoms with van der Waals surface area (Å²) in [6.45, 7) is 7.46. The first-order valence-corrected chi connectivity index (χ1v) is 7.14. The number of nitrogens with one attached hydrogen (secondary N) is 1. The van der Waals surface area contributed by atoms with Crippen LogP contribution in [-0.4, -0.2) is 16.9 Å². The summed E-state index contributed by atoms with van der Waals surface area (Å²) in [7, 11) is 0. The van der Waals surface area contributed by atoms with Crippen LogP contribution in [0.3, 0.4) is 0 Å². The monoisotopic (exact) mass is 295 g/mol. The van der Waals surface area contributed by atoms with Crippen LogP contribution in [0.4, 0.5) is 0 Å². The van der Waals surface area contributed by atoms with Gasteiger partial charge in [0.05, 0.1) is 11.1 Å². The molecule has 0 bridgehead atoms. The third kappa shape index (κ3) is 1.99. The van der Waals surface area contributed by atoms with Crippen molar-refractivity contribution in [1.82, 2.24) is 4.98 Å². The minimum Gasteiger partial charge on any atom is -0.386 e. The van der Waals surface area contributed by atoms with Crippen LogP contribution in [0, 0.1) is 6.92 Å². The van der Waals surface area contributed by atoms with Gasteiger partial charge < -0.3 is 9.72 Å². The van der Waals surface area contributed by atoms with E-state index >= 15 is 0 Å². The molecule has 1 aliphatic heterocycles. The quantitative estimate of drug-likeness (QED) is 0.496. The highest BCUT2D eigenvalue weighted by molar-refractivity contribution is 6.22. The largest absolute Gasteiger partial charge is 0.386 e. The van der Waals surface area contributed by atoms with Crippen LogP contribution in [0.1, 0.15) is 32.0 Å². The van der Waals surface area contributed by atoms with Crippen molar-refractivity contribution >= 4 is 28.4 Å². The van der Waals surface area contributed by atoms with Gasteiger partial charge in [0, 0.05) is 16.6 Å². The number of cyclic esters (lactones) is 2. The van der Waals surface area contributed by atoms with Crippen molar-refractivity contribution < 1.29 is 14.3 Å². The van der Waals surface area contributed by atoms with Crippen LogP contribution >= 0.6 is 0 Å². The van der Waals surface area contributed by atoms with E-state index in [9.17, 15) is 9.59 Å². The van der Waals surface area contributed by atoms with Gasteiger partial charge in [0.2, 0.25) is 0 Å². The van der Waals surface area contributed by atoms with E-state index in [1.807, 2.05) is 38.1 Å². The van der Waals surface area contributed by atoms with Gasteiger partial charge >= 0.3 is 11.9 Å². The maximum atomic E-state index is 12.1. The second-order valence-electron chi connectivity index (χ2n) is 5.72. The highest BCUT2D eigenvalue weighted by Crippen LogP contribution is 2.34. The van der Waals surface area contributed by atoms with Crippen molar-refractivity contribution in [2.45, 2.75) is 27.7 Å². The molecule has 1 saturated heterocycles. The minimum atomic E-state index is -0.572. The maximum absolute atomic E-state index is 12.1. The summed E-state index contributed by atoms with van der Waals surface area (Å²) in [6.07, 6.45) is 0. The van der Waals surface area contributed by atoms with E-state index in [1.165, 1.54) is 0 Å². The summed E-state index contributed by atoms with van der Waals surface area (Å²) in [5, 5.41) is 1.11. The highest BCUT2D eigenvalue weighted by atomic mass is 16.6. The highest BCUT2D eigenvalue weighted by Gasteiger charge is 2.36. The van der Waals surface area contributed by atoms with Gasteiger partial charge in [-0.2, -0.15) is 0 Å². The molecule has 1 aromatic carbocycles. The van der Waals surface area contributed by atoms with E-state index in [4.69, 9.17) is 4.74 Å². The number of ether oxygens (including phenoxy) is 1. The molecule has 1 fully saturated rings. The average Bonchev–Trinajstić information content (AvgIpc) is 2.96. The van der Waals surface area contributed by atoms with Crippen molar-refractivity contribution in [3.63, 3.8) is 0 Å². The van der Waals surface area contributed by atoms with Crippen LogP contribution in [0.2, 0.25) is 0 Å². The van der Waals surface area contributed by atoms with E-state index in [0.717, 1.165) is 33.3 Å². The van der Waals surface area contributed by atoms with Gasteiger partial charge in [0.15, 0.2) is 0 Å². The number of fused-ring (bicyclic) bond motifs is 1. The lowest BCUT2D eigenvalue weighted by Crippen LogP contribution is -2.00. The predicted octanol–water partition coefficient (Wildman–Crippen LogP) is 3.67. The first-order chi connectivity index (χ1) is 10.4. The summed E-state index contributed by atoms with van der Waals surface area (Å²) in [4.78, 5) is 27.3. The van der Waals surface area contributed by atoms with E-state index in [0.29, 0.717) is 11.1 Å². The Balaban J connectivity index is 2.29. The van der Waals surface area contributed by atoms with Crippen LogP contribution in [0.25, 0.3) is 16.5 Å². The van der Waals surface area contributed by atoms with Crippen molar-refractivity contribution in [1.29, 1.82) is 0 Å². The van der Waals surface area contributed by atoms with E-state index in [2.05, 4.69) is 4.98 Å². The zero-order valence-corrected chi connectivity index (χ0v) is 13.0. The third-order valence-electron chi connectivity index (χ3n) is 4.06. The summed E-state index contributed by atoms with van der Waals surface area (Å²) in [5.74, 6) is -1.13. The van der Waals surface area contributed by atoms with Crippen LogP contribution in [0.15, 0.2) is 41.0 Å². The maximum Gasteiger partial charge on any atom is 0.347 e. The SMILES string of the molecule is CC(C)=C1C(=O)OC(=O)C1=C(C)c1[nH]c2ccccc2c1C. The Labute approximate surface area is 128 Å². The first-order valence-electron chi connectivity index (χ1n) is 7.14. The van der Waals surface area contributed by atoms with Gasteiger partial charge in [-0.1, -0.05) is 23.8 Å². The molecule has 0 amide bonds.